The molecule has 0 aromatic carbocycles. The van der Waals surface area contributed by atoms with Crippen molar-refractivity contribution in [3.05, 3.63) is 134 Å². The zero-order valence-corrected chi connectivity index (χ0v) is 46.6. The fraction of sp³-hybridized carbons (Fsp3) is 0.642. The van der Waals surface area contributed by atoms with Crippen molar-refractivity contribution in [1.29, 1.82) is 0 Å². The highest BCUT2D eigenvalue weighted by atomic mass is 16.6. The van der Waals surface area contributed by atoms with Gasteiger partial charge in [-0.15, -0.1) is 0 Å². The highest BCUT2D eigenvalue weighted by molar-refractivity contribution is 5.70. The van der Waals surface area contributed by atoms with Gasteiger partial charge >= 0.3 is 11.9 Å². The number of ether oxygens (including phenoxy) is 2. The molecule has 0 heterocycles. The van der Waals surface area contributed by atoms with E-state index in [0.717, 1.165) is 116 Å². The molecule has 0 radical (unpaired) electrons. The van der Waals surface area contributed by atoms with Gasteiger partial charge in [-0.2, -0.15) is 0 Å². The Bertz CT molecular complexity index is 1500. The minimum atomic E-state index is -0.783. The number of aliphatic hydroxyl groups excluding tert-OH is 1. The van der Waals surface area contributed by atoms with E-state index in [1.807, 2.05) is 0 Å². The Balaban J connectivity index is 3.51. The van der Waals surface area contributed by atoms with E-state index in [0.29, 0.717) is 12.8 Å². The van der Waals surface area contributed by atoms with Gasteiger partial charge in [0.15, 0.2) is 6.10 Å². The quantitative estimate of drug-likeness (QED) is 0.0373. The zero-order chi connectivity index (χ0) is 52.0. The van der Waals surface area contributed by atoms with Crippen molar-refractivity contribution in [3.8, 4) is 0 Å². The second-order valence-electron chi connectivity index (χ2n) is 19.3. The first-order valence-corrected chi connectivity index (χ1v) is 29.7. The predicted octanol–water partition coefficient (Wildman–Crippen LogP) is 20.4. The summed E-state index contributed by atoms with van der Waals surface area (Å²) in [6, 6.07) is 0. The summed E-state index contributed by atoms with van der Waals surface area (Å²) >= 11 is 0. The standard InChI is InChI=1S/C67H110O5/c1-3-5-7-9-11-13-15-17-19-21-22-23-24-25-26-27-28-29-30-31-32-33-34-35-36-37-38-39-40-41-42-43-44-46-48-50-52-54-56-58-60-62-67(70)72-65(63-68)64-71-66(69)61-59-57-55-53-51-49-47-45-20-18-16-14-12-10-8-6-4-2/h5-8,11-14,17-20,22-23,25-26,28-29,31-32,34-35,65,68H,3-4,9-10,15-16,21,24,27,30,33,36-64H2,1-2H3/b7-5-,8-6-,13-11-,14-12-,19-17-,20-18-,23-22-,26-25-,29-28-,32-31-,35-34-. The van der Waals surface area contributed by atoms with Gasteiger partial charge in [0.25, 0.3) is 0 Å². The minimum Gasteiger partial charge on any atom is -0.462 e. The number of allylic oxidation sites excluding steroid dienone is 22. The molecule has 0 saturated carbocycles. The molecule has 0 aromatic heterocycles. The van der Waals surface area contributed by atoms with Crippen molar-refractivity contribution < 1.29 is 24.2 Å². The molecule has 0 spiro atoms. The highest BCUT2D eigenvalue weighted by Gasteiger charge is 2.16. The van der Waals surface area contributed by atoms with E-state index in [1.54, 1.807) is 0 Å². The number of unbranched alkanes of at least 4 members (excludes halogenated alkanes) is 23. The Kier molecular flexibility index (Phi) is 58.0. The molecule has 0 amide bonds. The van der Waals surface area contributed by atoms with Crippen LogP contribution < -0.4 is 0 Å². The molecule has 0 aliphatic carbocycles. The maximum absolute atomic E-state index is 12.3. The maximum atomic E-state index is 12.3. The molecular weight excluding hydrogens is 885 g/mol. The lowest BCUT2D eigenvalue weighted by Crippen LogP contribution is -2.28. The topological polar surface area (TPSA) is 72.8 Å². The molecule has 1 N–H and O–H groups in total. The lowest BCUT2D eigenvalue weighted by molar-refractivity contribution is -0.161. The molecule has 0 saturated heterocycles. The predicted molar refractivity (Wildman–Crippen MR) is 315 cm³/mol. The molecule has 72 heavy (non-hydrogen) atoms. The van der Waals surface area contributed by atoms with Crippen LogP contribution >= 0.6 is 0 Å². The molecule has 0 aromatic rings. The second kappa shape index (κ2) is 61.3. The van der Waals surface area contributed by atoms with Crippen LogP contribution in [-0.4, -0.2) is 36.4 Å². The van der Waals surface area contributed by atoms with E-state index in [4.69, 9.17) is 9.47 Å². The van der Waals surface area contributed by atoms with Crippen LogP contribution in [0.4, 0.5) is 0 Å². The summed E-state index contributed by atoms with van der Waals surface area (Å²) in [6.45, 7) is 3.91. The third-order valence-corrected chi connectivity index (χ3v) is 12.4. The average molecular weight is 996 g/mol. The first kappa shape index (κ1) is 68.0. The number of hydrogen-bond donors (Lipinski definition) is 1. The van der Waals surface area contributed by atoms with Gasteiger partial charge in [-0.1, -0.05) is 270 Å². The summed E-state index contributed by atoms with van der Waals surface area (Å²) in [7, 11) is 0. The van der Waals surface area contributed by atoms with Crippen molar-refractivity contribution in [3.63, 3.8) is 0 Å². The minimum absolute atomic E-state index is 0.0755. The van der Waals surface area contributed by atoms with Crippen LogP contribution in [0.3, 0.4) is 0 Å². The van der Waals surface area contributed by atoms with Gasteiger partial charge < -0.3 is 14.6 Å². The van der Waals surface area contributed by atoms with Crippen molar-refractivity contribution in [1.82, 2.24) is 0 Å². The summed E-state index contributed by atoms with van der Waals surface area (Å²) in [5.74, 6) is -0.603. The molecule has 5 nitrogen and oxygen atoms in total. The smallest absolute Gasteiger partial charge is 0.306 e. The lowest BCUT2D eigenvalue weighted by atomic mass is 10.0. The number of aliphatic hydroxyl groups is 1. The largest absolute Gasteiger partial charge is 0.462 e. The van der Waals surface area contributed by atoms with Crippen LogP contribution in [0.25, 0.3) is 0 Å². The third-order valence-electron chi connectivity index (χ3n) is 12.4. The van der Waals surface area contributed by atoms with E-state index < -0.39 is 6.10 Å². The monoisotopic (exact) mass is 995 g/mol. The molecular formula is C67H110O5. The molecule has 0 aliphatic heterocycles. The Morgan fingerprint density at radius 2 is 0.556 bits per heavy atom. The van der Waals surface area contributed by atoms with Crippen molar-refractivity contribution in [2.45, 2.75) is 264 Å². The lowest BCUT2D eigenvalue weighted by Gasteiger charge is -2.15. The first-order chi connectivity index (χ1) is 35.6. The molecule has 408 valence electrons. The van der Waals surface area contributed by atoms with Gasteiger partial charge in [-0.3, -0.25) is 9.59 Å². The molecule has 0 aliphatic rings. The van der Waals surface area contributed by atoms with E-state index in [9.17, 15) is 14.7 Å². The van der Waals surface area contributed by atoms with Gasteiger partial charge in [0.2, 0.25) is 0 Å². The van der Waals surface area contributed by atoms with E-state index >= 15 is 0 Å². The average Bonchev–Trinajstić information content (AvgIpc) is 3.38. The van der Waals surface area contributed by atoms with Crippen molar-refractivity contribution in [2.75, 3.05) is 13.2 Å². The number of carbonyl (C=O) groups is 2. The molecule has 0 fully saturated rings. The number of esters is 2. The van der Waals surface area contributed by atoms with E-state index in [-0.39, 0.29) is 25.2 Å². The fourth-order valence-electron chi connectivity index (χ4n) is 8.06. The molecule has 5 heteroatoms. The number of carbonyl (C=O) groups excluding carboxylic acids is 2. The van der Waals surface area contributed by atoms with Crippen LogP contribution in [0.1, 0.15) is 258 Å². The van der Waals surface area contributed by atoms with Gasteiger partial charge in [-0.05, 0) is 109 Å². The molecule has 1 atom stereocenters. The number of rotatable bonds is 53. The fourth-order valence-corrected chi connectivity index (χ4v) is 8.06. The van der Waals surface area contributed by atoms with E-state index in [2.05, 4.69) is 148 Å². The van der Waals surface area contributed by atoms with Gasteiger partial charge in [0.05, 0.1) is 6.61 Å². The molecule has 0 bridgehead atoms. The Morgan fingerprint density at radius 3 is 0.833 bits per heavy atom. The SMILES string of the molecule is CC/C=C\C/C=C\C/C=C\C/C=C\C/C=C\C/C=C\C/C=C\C/C=C\CCCCCCCCCCCCCCCCCCC(=O)OC(CO)COC(=O)CCCCCCCCC/C=C\C/C=C\C/C=C\CC. The van der Waals surface area contributed by atoms with Crippen molar-refractivity contribution in [2.24, 2.45) is 0 Å². The first-order valence-electron chi connectivity index (χ1n) is 29.7. The van der Waals surface area contributed by atoms with Gasteiger partial charge in [0, 0.05) is 12.8 Å². The summed E-state index contributed by atoms with van der Waals surface area (Å²) in [4.78, 5) is 24.5. The molecule has 0 rings (SSSR count). The van der Waals surface area contributed by atoms with Crippen LogP contribution in [0.15, 0.2) is 134 Å². The summed E-state index contributed by atoms with van der Waals surface area (Å²) in [5, 5.41) is 9.65. The van der Waals surface area contributed by atoms with Gasteiger partial charge in [0.1, 0.15) is 6.61 Å². The van der Waals surface area contributed by atoms with Crippen molar-refractivity contribution >= 4 is 11.9 Å². The maximum Gasteiger partial charge on any atom is 0.306 e. The Hall–Kier alpha value is -3.96. The normalized spacial score (nSPS) is 13.2. The molecule has 1 unspecified atom stereocenters. The summed E-state index contributed by atoms with van der Waals surface area (Å²) in [5.41, 5.74) is 0. The van der Waals surface area contributed by atoms with Crippen LogP contribution in [0, 0.1) is 0 Å². The van der Waals surface area contributed by atoms with Gasteiger partial charge in [-0.25, -0.2) is 0 Å². The number of hydrogen-bond acceptors (Lipinski definition) is 5. The van der Waals surface area contributed by atoms with Crippen LogP contribution in [0.2, 0.25) is 0 Å². The summed E-state index contributed by atoms with van der Waals surface area (Å²) in [6.07, 6.45) is 91.5. The third kappa shape index (κ3) is 58.6. The van der Waals surface area contributed by atoms with E-state index in [1.165, 1.54) is 116 Å². The Labute approximate surface area is 445 Å². The highest BCUT2D eigenvalue weighted by Crippen LogP contribution is 2.16. The second-order valence-corrected chi connectivity index (χ2v) is 19.3. The Morgan fingerprint density at radius 1 is 0.319 bits per heavy atom. The van der Waals surface area contributed by atoms with Crippen LogP contribution in [0.5, 0.6) is 0 Å². The van der Waals surface area contributed by atoms with Crippen LogP contribution in [-0.2, 0) is 19.1 Å². The zero-order valence-electron chi connectivity index (χ0n) is 46.6. The summed E-state index contributed by atoms with van der Waals surface area (Å²) < 4.78 is 10.7.